The summed E-state index contributed by atoms with van der Waals surface area (Å²) in [5.41, 5.74) is 9.29. The van der Waals surface area contributed by atoms with Crippen LogP contribution in [0.5, 0.6) is 0 Å². The quantitative estimate of drug-likeness (QED) is 0.410. The van der Waals surface area contributed by atoms with Crippen molar-refractivity contribution in [3.05, 3.63) is 109 Å². The number of para-hydroxylation sites is 1. The molecule has 6 rings (SSSR count). The number of benzene rings is 3. The Hall–Kier alpha value is -4.85. The highest BCUT2D eigenvalue weighted by molar-refractivity contribution is 7.07. The monoisotopic (exact) mass is 471 g/mol. The number of hydrogen-bond acceptors (Lipinski definition) is 5. The summed E-state index contributed by atoms with van der Waals surface area (Å²) in [7, 11) is 0. The molecule has 35 heavy (non-hydrogen) atoms. The summed E-state index contributed by atoms with van der Waals surface area (Å²) >= 11 is 1.22. The number of H-pyrrole nitrogens is 1. The van der Waals surface area contributed by atoms with Crippen molar-refractivity contribution in [2.75, 3.05) is 0 Å². The first-order chi connectivity index (χ1) is 17.1. The topological polar surface area (TPSA) is 111 Å². The normalized spacial score (nSPS) is 15.9. The van der Waals surface area contributed by atoms with Crippen LogP contribution in [0, 0.1) is 22.7 Å². The number of fused-ring (bicyclic) bond motifs is 3. The SMILES string of the molecule is N#CC1=C(N)n2c(s/c(=C\c3c[nH]c4ccccc34)c2=O)=C(C#N)C1c1cccc2ccccc12. The van der Waals surface area contributed by atoms with E-state index in [2.05, 4.69) is 17.1 Å². The molecule has 0 spiro atoms. The second-order valence-electron chi connectivity index (χ2n) is 8.28. The van der Waals surface area contributed by atoms with Gasteiger partial charge in [-0.05, 0) is 28.5 Å². The minimum atomic E-state index is -0.657. The third-order valence-corrected chi connectivity index (χ3v) is 7.54. The number of nitrogens with two attached hydrogens (primary N) is 1. The van der Waals surface area contributed by atoms with E-state index in [-0.39, 0.29) is 17.0 Å². The molecule has 1 aliphatic heterocycles. The Bertz CT molecular complexity index is 1970. The first kappa shape index (κ1) is 20.7. The zero-order valence-corrected chi connectivity index (χ0v) is 19.1. The third kappa shape index (κ3) is 3.03. The van der Waals surface area contributed by atoms with Gasteiger partial charge < -0.3 is 10.7 Å². The summed E-state index contributed by atoms with van der Waals surface area (Å²) in [6.45, 7) is 0. The predicted molar refractivity (Wildman–Crippen MR) is 138 cm³/mol. The third-order valence-electron chi connectivity index (χ3n) is 6.43. The average Bonchev–Trinajstić information content (AvgIpc) is 3.45. The van der Waals surface area contributed by atoms with E-state index in [1.54, 1.807) is 6.08 Å². The first-order valence-electron chi connectivity index (χ1n) is 10.9. The van der Waals surface area contributed by atoms with Crippen LogP contribution in [0.4, 0.5) is 0 Å². The van der Waals surface area contributed by atoms with Crippen LogP contribution >= 0.6 is 11.3 Å². The number of nitriles is 2. The number of hydrogen-bond donors (Lipinski definition) is 2. The molecule has 2 aromatic heterocycles. The predicted octanol–water partition coefficient (Wildman–Crippen LogP) is 3.50. The lowest BCUT2D eigenvalue weighted by molar-refractivity contribution is 0.910. The van der Waals surface area contributed by atoms with Gasteiger partial charge in [-0.3, -0.25) is 9.36 Å². The number of aromatic amines is 1. The molecule has 6 nitrogen and oxygen atoms in total. The molecule has 5 aromatic rings. The van der Waals surface area contributed by atoms with Gasteiger partial charge in [0, 0.05) is 22.7 Å². The lowest BCUT2D eigenvalue weighted by Gasteiger charge is -2.23. The lowest BCUT2D eigenvalue weighted by Crippen LogP contribution is -2.38. The van der Waals surface area contributed by atoms with Crippen LogP contribution in [0.2, 0.25) is 0 Å². The number of thiazole rings is 1. The van der Waals surface area contributed by atoms with E-state index in [0.717, 1.165) is 32.8 Å². The van der Waals surface area contributed by atoms with Crippen molar-refractivity contribution in [2.45, 2.75) is 5.92 Å². The minimum Gasteiger partial charge on any atom is -0.384 e. The molecule has 3 aromatic carbocycles. The van der Waals surface area contributed by atoms with Crippen molar-refractivity contribution < 1.29 is 0 Å². The molecule has 1 atom stereocenters. The van der Waals surface area contributed by atoms with E-state index < -0.39 is 5.92 Å². The van der Waals surface area contributed by atoms with E-state index >= 15 is 0 Å². The van der Waals surface area contributed by atoms with Gasteiger partial charge in [-0.25, -0.2) is 0 Å². The van der Waals surface area contributed by atoms with Crippen LogP contribution in [0.1, 0.15) is 17.0 Å². The summed E-state index contributed by atoms with van der Waals surface area (Å²) in [6.07, 6.45) is 3.65. The fraction of sp³-hybridized carbons (Fsp3) is 0.0357. The number of allylic oxidation sites excluding steroid dienone is 1. The Morgan fingerprint density at radius 3 is 2.46 bits per heavy atom. The molecule has 0 bridgehead atoms. The highest BCUT2D eigenvalue weighted by Crippen LogP contribution is 2.38. The largest absolute Gasteiger partial charge is 0.384 e. The summed E-state index contributed by atoms with van der Waals surface area (Å²) < 4.78 is 2.21. The van der Waals surface area contributed by atoms with E-state index in [1.165, 1.54) is 15.9 Å². The first-order valence-corrected chi connectivity index (χ1v) is 11.8. The second-order valence-corrected chi connectivity index (χ2v) is 9.31. The fourth-order valence-electron chi connectivity index (χ4n) is 4.82. The summed E-state index contributed by atoms with van der Waals surface area (Å²) in [4.78, 5) is 16.7. The lowest BCUT2D eigenvalue weighted by atomic mass is 9.82. The van der Waals surface area contributed by atoms with Gasteiger partial charge in [0.25, 0.3) is 5.56 Å². The van der Waals surface area contributed by atoms with Gasteiger partial charge in [0.05, 0.1) is 33.7 Å². The van der Waals surface area contributed by atoms with Crippen LogP contribution in [-0.4, -0.2) is 9.55 Å². The summed E-state index contributed by atoms with van der Waals surface area (Å²) in [6, 6.07) is 26.0. The van der Waals surface area contributed by atoms with Crippen molar-refractivity contribution in [3.8, 4) is 12.1 Å². The van der Waals surface area contributed by atoms with Gasteiger partial charge in [-0.1, -0.05) is 60.7 Å². The Labute approximate surface area is 203 Å². The Morgan fingerprint density at radius 1 is 0.943 bits per heavy atom. The van der Waals surface area contributed by atoms with E-state index in [0.29, 0.717) is 14.8 Å². The van der Waals surface area contributed by atoms with Gasteiger partial charge in [0.1, 0.15) is 10.5 Å². The number of nitrogens with one attached hydrogen (secondary N) is 1. The van der Waals surface area contributed by atoms with Crippen molar-refractivity contribution in [3.63, 3.8) is 0 Å². The van der Waals surface area contributed by atoms with Crippen molar-refractivity contribution in [1.29, 1.82) is 10.5 Å². The minimum absolute atomic E-state index is 0.0688. The highest BCUT2D eigenvalue weighted by atomic mass is 32.1. The maximum Gasteiger partial charge on any atom is 0.274 e. The molecule has 0 saturated carbocycles. The van der Waals surface area contributed by atoms with Crippen LogP contribution < -0.4 is 20.5 Å². The molecule has 0 saturated heterocycles. The molecular weight excluding hydrogens is 454 g/mol. The van der Waals surface area contributed by atoms with Gasteiger partial charge >= 0.3 is 0 Å². The maximum atomic E-state index is 13.5. The molecule has 3 N–H and O–H groups in total. The van der Waals surface area contributed by atoms with Crippen LogP contribution in [-0.2, 0) is 0 Å². The maximum absolute atomic E-state index is 13.5. The number of rotatable bonds is 2. The molecule has 0 amide bonds. The second kappa shape index (κ2) is 7.88. The Balaban J connectivity index is 1.68. The van der Waals surface area contributed by atoms with Crippen molar-refractivity contribution in [2.24, 2.45) is 5.73 Å². The van der Waals surface area contributed by atoms with Crippen LogP contribution in [0.15, 0.2) is 83.3 Å². The van der Waals surface area contributed by atoms with Gasteiger partial charge in [0.15, 0.2) is 0 Å². The van der Waals surface area contributed by atoms with E-state index in [4.69, 9.17) is 5.73 Å². The molecule has 1 aliphatic rings. The Morgan fingerprint density at radius 2 is 1.66 bits per heavy atom. The van der Waals surface area contributed by atoms with E-state index in [1.807, 2.05) is 72.9 Å². The Kier molecular flexibility index (Phi) is 4.67. The zero-order chi connectivity index (χ0) is 24.1. The fourth-order valence-corrected chi connectivity index (χ4v) is 5.94. The van der Waals surface area contributed by atoms with Gasteiger partial charge in [0.2, 0.25) is 0 Å². The van der Waals surface area contributed by atoms with Gasteiger partial charge in [-0.15, -0.1) is 11.3 Å². The average molecular weight is 472 g/mol. The molecular formula is C28H17N5OS. The van der Waals surface area contributed by atoms with E-state index in [9.17, 15) is 15.3 Å². The van der Waals surface area contributed by atoms with Crippen molar-refractivity contribution >= 4 is 50.5 Å². The smallest absolute Gasteiger partial charge is 0.274 e. The molecule has 1 unspecified atom stereocenters. The standard InChI is InChI=1S/C28H17N5OS/c29-13-21-25(20-10-5-7-16-6-1-2-8-18(16)20)22(14-30)28-33(26(21)31)27(34)24(35-28)12-17-15-32-23-11-4-3-9-19(17)23/h1-12,15,25,32H,31H2/b24-12-. The summed E-state index contributed by atoms with van der Waals surface area (Å²) in [5, 5.41) is 23.3. The summed E-state index contributed by atoms with van der Waals surface area (Å²) in [5.74, 6) is -0.589. The molecule has 3 heterocycles. The van der Waals surface area contributed by atoms with Crippen LogP contribution in [0.3, 0.4) is 0 Å². The molecule has 7 heteroatoms. The molecule has 0 radical (unpaired) electrons. The number of nitrogens with zero attached hydrogens (tertiary/aromatic N) is 3. The van der Waals surface area contributed by atoms with Crippen LogP contribution in [0.25, 0.3) is 39.1 Å². The molecule has 0 aliphatic carbocycles. The highest BCUT2D eigenvalue weighted by Gasteiger charge is 2.33. The van der Waals surface area contributed by atoms with Crippen molar-refractivity contribution in [1.82, 2.24) is 9.55 Å². The number of aromatic nitrogens is 2. The zero-order valence-electron chi connectivity index (χ0n) is 18.3. The van der Waals surface area contributed by atoms with Gasteiger partial charge in [-0.2, -0.15) is 10.5 Å². The molecule has 0 fully saturated rings. The molecule has 166 valence electrons.